The minimum atomic E-state index is -2.48. The Morgan fingerprint density at radius 1 is 1.33 bits per heavy atom. The predicted molar refractivity (Wildman–Crippen MR) is 35.5 cm³/mol. The van der Waals surface area contributed by atoms with Gasteiger partial charge in [-0.2, -0.15) is 0 Å². The number of carboxylic acid groups (broad SMARTS) is 2. The summed E-state index contributed by atoms with van der Waals surface area (Å²) in [5.74, 6) is -3.18. The average Bonchev–Trinajstić information content (AvgIpc) is 1.85. The van der Waals surface area contributed by atoms with E-state index in [1.807, 2.05) is 0 Å². The van der Waals surface area contributed by atoms with Crippen LogP contribution in [0.4, 0.5) is 0 Å². The fourth-order valence-electron chi connectivity index (χ4n) is 0.623. The predicted octanol–water partition coefficient (Wildman–Crippen LogP) is -1.13. The van der Waals surface area contributed by atoms with Crippen molar-refractivity contribution >= 4 is 18.2 Å². The molecule has 0 aromatic heterocycles. The maximum atomic E-state index is 10.3. The first-order valence-corrected chi connectivity index (χ1v) is 3.03. The molecule has 0 fully saturated rings. The molecular weight excluding hydrogens is 168 g/mol. The zero-order valence-corrected chi connectivity index (χ0v) is 6.06. The summed E-state index contributed by atoms with van der Waals surface area (Å²) in [6.07, 6.45) is -1.55. The number of aliphatic carboxylic acids is 2. The first kappa shape index (κ1) is 10.6. The van der Waals surface area contributed by atoms with E-state index in [9.17, 15) is 14.4 Å². The van der Waals surface area contributed by atoms with Gasteiger partial charge in [-0.25, -0.2) is 4.79 Å². The van der Waals surface area contributed by atoms with Crippen LogP contribution in [0.2, 0.25) is 0 Å². The summed E-state index contributed by atoms with van der Waals surface area (Å²) in [5.41, 5.74) is -2.48. The highest BCUT2D eigenvalue weighted by Crippen LogP contribution is 2.13. The molecule has 0 aliphatic heterocycles. The quantitative estimate of drug-likeness (QED) is 0.457. The van der Waals surface area contributed by atoms with E-state index in [1.165, 1.54) is 0 Å². The number of hydrogen-bond acceptors (Lipinski definition) is 4. The van der Waals surface area contributed by atoms with Crippen molar-refractivity contribution in [2.45, 2.75) is 18.4 Å². The first-order valence-electron chi connectivity index (χ1n) is 3.03. The Bertz CT molecular complexity index is 210. The molecule has 0 spiro atoms. The summed E-state index contributed by atoms with van der Waals surface area (Å²) in [5, 5.41) is 25.6. The molecule has 1 atom stereocenters. The molecule has 6 heteroatoms. The largest absolute Gasteiger partial charge is 0.481 e. The van der Waals surface area contributed by atoms with Crippen LogP contribution in [-0.4, -0.2) is 39.1 Å². The Morgan fingerprint density at radius 3 is 2.08 bits per heavy atom. The van der Waals surface area contributed by atoms with Gasteiger partial charge in [-0.15, -0.1) is 0 Å². The van der Waals surface area contributed by atoms with Gasteiger partial charge in [0.15, 0.2) is 5.60 Å². The van der Waals surface area contributed by atoms with Gasteiger partial charge >= 0.3 is 11.9 Å². The molecule has 0 amide bonds. The standard InChI is InChI=1S/C6H8O6/c7-2-1-6(12,5(10)11)3-4(8)9/h2,12H,1,3H2,(H,8,9)(H,10,11)/t6-/m0/s1. The van der Waals surface area contributed by atoms with E-state index in [2.05, 4.69) is 0 Å². The van der Waals surface area contributed by atoms with Crippen molar-refractivity contribution in [2.75, 3.05) is 0 Å². The van der Waals surface area contributed by atoms with E-state index in [-0.39, 0.29) is 6.29 Å². The highest BCUT2D eigenvalue weighted by Gasteiger charge is 2.37. The van der Waals surface area contributed by atoms with Crippen molar-refractivity contribution in [3.05, 3.63) is 0 Å². The molecule has 0 radical (unpaired) electrons. The van der Waals surface area contributed by atoms with Crippen LogP contribution < -0.4 is 0 Å². The van der Waals surface area contributed by atoms with Gasteiger partial charge in [0.05, 0.1) is 6.42 Å². The minimum Gasteiger partial charge on any atom is -0.481 e. The lowest BCUT2D eigenvalue weighted by atomic mass is 9.97. The third-order valence-corrected chi connectivity index (χ3v) is 1.26. The van der Waals surface area contributed by atoms with Crippen LogP contribution in [0.3, 0.4) is 0 Å². The Balaban J connectivity index is 4.49. The number of aliphatic hydroxyl groups is 1. The lowest BCUT2D eigenvalue weighted by Gasteiger charge is -2.17. The van der Waals surface area contributed by atoms with Crippen LogP contribution in [-0.2, 0) is 14.4 Å². The summed E-state index contributed by atoms with van der Waals surface area (Å²) >= 11 is 0. The molecule has 0 aliphatic rings. The lowest BCUT2D eigenvalue weighted by Crippen LogP contribution is -2.41. The van der Waals surface area contributed by atoms with Gasteiger partial charge in [0.25, 0.3) is 0 Å². The SMILES string of the molecule is O=CC[C@](O)(CC(=O)O)C(=O)O. The molecule has 0 saturated carbocycles. The molecular formula is C6H8O6. The molecule has 0 aromatic carbocycles. The van der Waals surface area contributed by atoms with E-state index < -0.39 is 30.4 Å². The number of hydrogen-bond donors (Lipinski definition) is 3. The van der Waals surface area contributed by atoms with Crippen LogP contribution >= 0.6 is 0 Å². The summed E-state index contributed by atoms with van der Waals surface area (Å²) in [4.78, 5) is 30.2. The number of rotatable bonds is 5. The van der Waals surface area contributed by atoms with Crippen molar-refractivity contribution in [3.63, 3.8) is 0 Å². The van der Waals surface area contributed by atoms with E-state index in [0.29, 0.717) is 0 Å². The van der Waals surface area contributed by atoms with Crippen molar-refractivity contribution < 1.29 is 29.7 Å². The van der Waals surface area contributed by atoms with E-state index in [4.69, 9.17) is 15.3 Å². The van der Waals surface area contributed by atoms with Crippen molar-refractivity contribution in [3.8, 4) is 0 Å². The molecule has 3 N–H and O–H groups in total. The number of carboxylic acids is 2. The highest BCUT2D eigenvalue weighted by molar-refractivity contribution is 5.86. The number of carbonyl (C=O) groups excluding carboxylic acids is 1. The van der Waals surface area contributed by atoms with Crippen molar-refractivity contribution in [1.82, 2.24) is 0 Å². The molecule has 0 saturated heterocycles. The van der Waals surface area contributed by atoms with Crippen molar-refractivity contribution in [2.24, 2.45) is 0 Å². The van der Waals surface area contributed by atoms with Gasteiger partial charge < -0.3 is 20.1 Å². The maximum absolute atomic E-state index is 10.3. The first-order chi connectivity index (χ1) is 5.42. The van der Waals surface area contributed by atoms with Gasteiger partial charge in [0, 0.05) is 6.42 Å². The van der Waals surface area contributed by atoms with Crippen LogP contribution in [0.25, 0.3) is 0 Å². The molecule has 0 unspecified atom stereocenters. The van der Waals surface area contributed by atoms with Gasteiger partial charge in [-0.3, -0.25) is 4.79 Å². The number of aldehydes is 1. The lowest BCUT2D eigenvalue weighted by molar-refractivity contribution is -0.166. The molecule has 0 heterocycles. The maximum Gasteiger partial charge on any atom is 0.336 e. The molecule has 0 aromatic rings. The molecule has 0 bridgehead atoms. The van der Waals surface area contributed by atoms with E-state index in [0.717, 1.165) is 0 Å². The van der Waals surface area contributed by atoms with Crippen LogP contribution in [0, 0.1) is 0 Å². The zero-order chi connectivity index (χ0) is 9.78. The third kappa shape index (κ3) is 2.67. The van der Waals surface area contributed by atoms with Crippen molar-refractivity contribution in [1.29, 1.82) is 0 Å². The van der Waals surface area contributed by atoms with Crippen LogP contribution in [0.1, 0.15) is 12.8 Å². The van der Waals surface area contributed by atoms with Gasteiger partial charge in [-0.1, -0.05) is 0 Å². The average molecular weight is 176 g/mol. The zero-order valence-electron chi connectivity index (χ0n) is 6.06. The Kier molecular flexibility index (Phi) is 3.36. The van der Waals surface area contributed by atoms with Gasteiger partial charge in [-0.05, 0) is 0 Å². The summed E-state index contributed by atoms with van der Waals surface area (Å²) in [6.45, 7) is 0. The summed E-state index contributed by atoms with van der Waals surface area (Å²) in [6, 6.07) is 0. The second-order valence-electron chi connectivity index (χ2n) is 2.28. The Hall–Kier alpha value is -1.43. The third-order valence-electron chi connectivity index (χ3n) is 1.26. The molecule has 6 nitrogen and oxygen atoms in total. The normalized spacial score (nSPS) is 14.8. The monoisotopic (exact) mass is 176 g/mol. The van der Waals surface area contributed by atoms with E-state index in [1.54, 1.807) is 0 Å². The molecule has 68 valence electrons. The Morgan fingerprint density at radius 2 is 1.83 bits per heavy atom. The second kappa shape index (κ2) is 3.82. The van der Waals surface area contributed by atoms with E-state index >= 15 is 0 Å². The summed E-state index contributed by atoms with van der Waals surface area (Å²) in [7, 11) is 0. The highest BCUT2D eigenvalue weighted by atomic mass is 16.4. The van der Waals surface area contributed by atoms with Gasteiger partial charge in [0.2, 0.25) is 0 Å². The fourth-order valence-corrected chi connectivity index (χ4v) is 0.623. The molecule has 0 aliphatic carbocycles. The fraction of sp³-hybridized carbons (Fsp3) is 0.500. The Labute approximate surface area is 67.4 Å². The number of carbonyl (C=O) groups is 3. The van der Waals surface area contributed by atoms with Gasteiger partial charge in [0.1, 0.15) is 6.29 Å². The van der Waals surface area contributed by atoms with Crippen LogP contribution in [0.5, 0.6) is 0 Å². The smallest absolute Gasteiger partial charge is 0.336 e. The summed E-state index contributed by atoms with van der Waals surface area (Å²) < 4.78 is 0. The minimum absolute atomic E-state index is 0.164. The molecule has 0 rings (SSSR count). The topological polar surface area (TPSA) is 112 Å². The molecule has 12 heavy (non-hydrogen) atoms. The second-order valence-corrected chi connectivity index (χ2v) is 2.28. The van der Waals surface area contributed by atoms with Crippen LogP contribution in [0.15, 0.2) is 0 Å².